The van der Waals surface area contributed by atoms with Crippen molar-refractivity contribution in [1.29, 1.82) is 0 Å². The minimum atomic E-state index is -1.67. The number of hydrogen-bond donors (Lipinski definition) is 8. The second kappa shape index (κ2) is 46.4. The third kappa shape index (κ3) is 34.6. The molecular weight excluding hydrogens is 859 g/mol. The van der Waals surface area contributed by atoms with Crippen molar-refractivity contribution >= 4 is 5.91 Å². The van der Waals surface area contributed by atoms with Gasteiger partial charge >= 0.3 is 0 Å². The van der Waals surface area contributed by atoms with Crippen LogP contribution in [0.3, 0.4) is 0 Å². The van der Waals surface area contributed by atoms with Crippen LogP contribution in [0.1, 0.15) is 251 Å². The monoisotopic (exact) mass is 966 g/mol. The maximum atomic E-state index is 13.1. The van der Waals surface area contributed by atoms with E-state index in [2.05, 4.69) is 49.5 Å². The molecule has 1 saturated heterocycles. The van der Waals surface area contributed by atoms with Gasteiger partial charge in [-0.1, -0.05) is 217 Å². The highest BCUT2D eigenvalue weighted by atomic mass is 16.7. The van der Waals surface area contributed by atoms with Gasteiger partial charge in [0.2, 0.25) is 5.91 Å². The minimum Gasteiger partial charge on any atom is -0.394 e. The normalized spacial score (nSPS) is 20.8. The number of unbranched alkanes of at least 4 members (excludes halogenated alkanes) is 30. The lowest BCUT2D eigenvalue weighted by Crippen LogP contribution is -2.60. The highest BCUT2D eigenvalue weighted by Gasteiger charge is 2.44. The predicted molar refractivity (Wildman–Crippen MR) is 279 cm³/mol. The van der Waals surface area contributed by atoms with Crippen LogP contribution in [-0.2, 0) is 14.3 Å². The SMILES string of the molecule is CC/C=C/CC/C=C/CCCC(O)C(O)C(COC1OC(CO)C(O)C(O)C1O)NC(=O)C(O)CCCCCCCCCCCCCCCCCC/C=C\CCCCCCCCCCCCCC. The first-order chi connectivity index (χ1) is 33.2. The van der Waals surface area contributed by atoms with Crippen LogP contribution in [0.25, 0.3) is 0 Å². The van der Waals surface area contributed by atoms with Crippen molar-refractivity contribution in [3.05, 3.63) is 36.5 Å². The van der Waals surface area contributed by atoms with Crippen LogP contribution >= 0.6 is 0 Å². The molecule has 0 spiro atoms. The summed E-state index contributed by atoms with van der Waals surface area (Å²) in [4.78, 5) is 13.1. The molecule has 0 aromatic rings. The maximum Gasteiger partial charge on any atom is 0.249 e. The van der Waals surface area contributed by atoms with E-state index in [1.165, 1.54) is 167 Å². The molecule has 68 heavy (non-hydrogen) atoms. The van der Waals surface area contributed by atoms with Crippen molar-refractivity contribution in [3.63, 3.8) is 0 Å². The van der Waals surface area contributed by atoms with E-state index >= 15 is 0 Å². The van der Waals surface area contributed by atoms with Crippen LogP contribution in [-0.4, -0.2) is 110 Å². The maximum absolute atomic E-state index is 13.1. The van der Waals surface area contributed by atoms with Gasteiger partial charge in [-0.05, 0) is 70.6 Å². The molecule has 1 aliphatic heterocycles. The van der Waals surface area contributed by atoms with Crippen LogP contribution < -0.4 is 5.32 Å². The average molecular weight is 966 g/mol. The Labute approximate surface area is 416 Å². The quantitative estimate of drug-likeness (QED) is 0.0215. The summed E-state index contributed by atoms with van der Waals surface area (Å²) in [6, 6.07) is -1.19. The van der Waals surface area contributed by atoms with Gasteiger partial charge in [-0.3, -0.25) is 4.79 Å². The van der Waals surface area contributed by atoms with E-state index in [1.54, 1.807) is 0 Å². The van der Waals surface area contributed by atoms with Crippen molar-refractivity contribution in [2.45, 2.75) is 306 Å². The standard InChI is InChI=1S/C57H107NO10/c1-3-5-7-9-11-13-14-15-16-17-18-19-20-21-22-23-24-25-26-27-28-29-30-31-32-33-34-35-37-39-41-43-45-50(61)56(66)58-48(47-67-57-55(65)54(64)53(63)51(46-59)68-57)52(62)49(60)44-42-40-38-36-12-10-8-6-4-2/h6,8,21-22,36,38,48-55,57,59-65H,3-5,7,9-20,23-35,37,39-47H2,1-2H3,(H,58,66)/b8-6+,22-21-,38-36+. The topological polar surface area (TPSA) is 189 Å². The zero-order chi connectivity index (χ0) is 49.7. The van der Waals surface area contributed by atoms with E-state index in [0.29, 0.717) is 19.3 Å². The van der Waals surface area contributed by atoms with Crippen molar-refractivity contribution in [1.82, 2.24) is 5.32 Å². The number of nitrogens with one attached hydrogen (secondary N) is 1. The Hall–Kier alpha value is -1.67. The zero-order valence-corrected chi connectivity index (χ0v) is 43.6. The first kappa shape index (κ1) is 64.3. The highest BCUT2D eigenvalue weighted by Crippen LogP contribution is 2.23. The molecule has 0 aliphatic carbocycles. The molecule has 1 amide bonds. The summed E-state index contributed by atoms with van der Waals surface area (Å²) in [5.41, 5.74) is 0. The summed E-state index contributed by atoms with van der Waals surface area (Å²) in [6.45, 7) is 3.30. The molecule has 0 aromatic carbocycles. The number of hydrogen-bond acceptors (Lipinski definition) is 10. The van der Waals surface area contributed by atoms with E-state index in [1.807, 2.05) is 6.08 Å². The van der Waals surface area contributed by atoms with Crippen LogP contribution in [0.2, 0.25) is 0 Å². The summed E-state index contributed by atoms with van der Waals surface area (Å²) in [7, 11) is 0. The van der Waals surface area contributed by atoms with E-state index < -0.39 is 74.2 Å². The molecular formula is C57H107NO10. The largest absolute Gasteiger partial charge is 0.394 e. The molecule has 0 aromatic heterocycles. The molecule has 8 N–H and O–H groups in total. The van der Waals surface area contributed by atoms with Crippen molar-refractivity contribution < 1.29 is 50.0 Å². The average Bonchev–Trinajstić information content (AvgIpc) is 3.34. The number of ether oxygens (including phenoxy) is 2. The summed E-state index contributed by atoms with van der Waals surface area (Å²) in [5, 5.41) is 75.6. The lowest BCUT2D eigenvalue weighted by atomic mass is 9.98. The third-order valence-corrected chi connectivity index (χ3v) is 13.7. The number of aliphatic hydroxyl groups excluding tert-OH is 7. The van der Waals surface area contributed by atoms with Gasteiger partial charge in [-0.25, -0.2) is 0 Å². The Morgan fingerprint density at radius 3 is 1.38 bits per heavy atom. The summed E-state index contributed by atoms with van der Waals surface area (Å²) in [5.74, 6) is -0.711. The second-order valence-corrected chi connectivity index (χ2v) is 20.0. The van der Waals surface area contributed by atoms with Crippen LogP contribution in [0.4, 0.5) is 0 Å². The Morgan fingerprint density at radius 1 is 0.515 bits per heavy atom. The first-order valence-electron chi connectivity index (χ1n) is 28.4. The lowest BCUT2D eigenvalue weighted by molar-refractivity contribution is -0.303. The van der Waals surface area contributed by atoms with Crippen molar-refractivity contribution in [2.24, 2.45) is 0 Å². The molecule has 1 rings (SSSR count). The van der Waals surface area contributed by atoms with E-state index in [9.17, 15) is 40.5 Å². The predicted octanol–water partition coefficient (Wildman–Crippen LogP) is 11.5. The molecule has 0 bridgehead atoms. The zero-order valence-electron chi connectivity index (χ0n) is 43.6. The summed E-state index contributed by atoms with van der Waals surface area (Å²) in [6.07, 6.45) is 45.5. The first-order valence-corrected chi connectivity index (χ1v) is 28.4. The number of allylic oxidation sites excluding steroid dienone is 6. The molecule has 9 unspecified atom stereocenters. The molecule has 1 fully saturated rings. The van der Waals surface area contributed by atoms with Gasteiger partial charge in [0, 0.05) is 0 Å². The number of carbonyl (C=O) groups is 1. The Morgan fingerprint density at radius 2 is 0.926 bits per heavy atom. The summed E-state index contributed by atoms with van der Waals surface area (Å²) < 4.78 is 11.1. The Balaban J connectivity index is 2.16. The van der Waals surface area contributed by atoms with Crippen molar-refractivity contribution in [3.8, 4) is 0 Å². The van der Waals surface area contributed by atoms with E-state index in [-0.39, 0.29) is 12.8 Å². The summed E-state index contributed by atoms with van der Waals surface area (Å²) >= 11 is 0. The number of amides is 1. The van der Waals surface area contributed by atoms with Gasteiger partial charge < -0.3 is 50.5 Å². The van der Waals surface area contributed by atoms with Gasteiger partial charge in [0.25, 0.3) is 0 Å². The number of carbonyl (C=O) groups excluding carboxylic acids is 1. The van der Waals surface area contributed by atoms with Gasteiger partial charge in [-0.2, -0.15) is 0 Å². The van der Waals surface area contributed by atoms with Gasteiger partial charge in [0.15, 0.2) is 6.29 Å². The molecule has 11 nitrogen and oxygen atoms in total. The fourth-order valence-electron chi connectivity index (χ4n) is 9.05. The van der Waals surface area contributed by atoms with Gasteiger partial charge in [0.1, 0.15) is 36.6 Å². The smallest absolute Gasteiger partial charge is 0.249 e. The van der Waals surface area contributed by atoms with Crippen LogP contribution in [0, 0.1) is 0 Å². The molecule has 0 radical (unpaired) electrons. The fraction of sp³-hybridized carbons (Fsp3) is 0.877. The molecule has 11 heteroatoms. The van der Waals surface area contributed by atoms with Gasteiger partial charge in [0.05, 0.1) is 25.4 Å². The lowest BCUT2D eigenvalue weighted by Gasteiger charge is -2.40. The third-order valence-electron chi connectivity index (χ3n) is 13.7. The van der Waals surface area contributed by atoms with Gasteiger partial charge in [-0.15, -0.1) is 0 Å². The molecule has 1 aliphatic rings. The highest BCUT2D eigenvalue weighted by molar-refractivity contribution is 5.80. The molecule has 0 saturated carbocycles. The number of aliphatic hydroxyl groups is 7. The van der Waals surface area contributed by atoms with E-state index in [0.717, 1.165) is 38.5 Å². The molecule has 1 heterocycles. The fourth-order valence-corrected chi connectivity index (χ4v) is 9.05. The van der Waals surface area contributed by atoms with E-state index in [4.69, 9.17) is 9.47 Å². The van der Waals surface area contributed by atoms with Crippen LogP contribution in [0.15, 0.2) is 36.5 Å². The minimum absolute atomic E-state index is 0.245. The number of rotatable bonds is 48. The second-order valence-electron chi connectivity index (χ2n) is 20.0. The molecule has 400 valence electrons. The Kier molecular flexibility index (Phi) is 43.9. The van der Waals surface area contributed by atoms with Crippen molar-refractivity contribution in [2.75, 3.05) is 13.2 Å². The van der Waals surface area contributed by atoms with Crippen LogP contribution in [0.5, 0.6) is 0 Å². The Bertz CT molecular complexity index is 1200. The molecule has 9 atom stereocenters.